The quantitative estimate of drug-likeness (QED) is 0.757. The topological polar surface area (TPSA) is 85.2 Å². The van der Waals surface area contributed by atoms with Crippen LogP contribution in [0.3, 0.4) is 0 Å². The highest BCUT2D eigenvalue weighted by atomic mass is 19.3. The number of carbonyl (C=O) groups excluding carboxylic acids is 1. The molecular weight excluding hydrogens is 234 g/mol. The van der Waals surface area contributed by atoms with Crippen LogP contribution in [0.25, 0.3) is 0 Å². The van der Waals surface area contributed by atoms with Gasteiger partial charge in [-0.1, -0.05) is 0 Å². The normalized spacial score (nSPS) is 10.6. The third-order valence-corrected chi connectivity index (χ3v) is 2.27. The summed E-state index contributed by atoms with van der Waals surface area (Å²) in [4.78, 5) is 25.2. The second kappa shape index (κ2) is 5.53. The van der Waals surface area contributed by atoms with E-state index in [1.807, 2.05) is 0 Å². The fraction of sp³-hybridized carbons (Fsp3) is 0.400. The third kappa shape index (κ3) is 2.88. The number of ether oxygens (including phenoxy) is 1. The van der Waals surface area contributed by atoms with Crippen LogP contribution in [0.2, 0.25) is 0 Å². The number of methoxy groups -OCH3 is 1. The number of nitrogens with two attached hydrogens (primary N) is 1. The van der Waals surface area contributed by atoms with E-state index in [2.05, 4.69) is 9.72 Å². The van der Waals surface area contributed by atoms with Gasteiger partial charge in [0.05, 0.1) is 19.1 Å². The van der Waals surface area contributed by atoms with Crippen molar-refractivity contribution in [2.75, 3.05) is 7.11 Å². The van der Waals surface area contributed by atoms with Crippen LogP contribution < -0.4 is 11.2 Å². The van der Waals surface area contributed by atoms with Crippen molar-refractivity contribution < 1.29 is 18.3 Å². The maximum atomic E-state index is 12.7. The van der Waals surface area contributed by atoms with Gasteiger partial charge in [0, 0.05) is 24.0 Å². The zero-order chi connectivity index (χ0) is 13.0. The van der Waals surface area contributed by atoms with Gasteiger partial charge in [-0.05, 0) is 0 Å². The van der Waals surface area contributed by atoms with Gasteiger partial charge < -0.3 is 15.5 Å². The molecule has 0 aliphatic rings. The van der Waals surface area contributed by atoms with E-state index >= 15 is 0 Å². The Morgan fingerprint density at radius 2 is 2.24 bits per heavy atom. The number of aromatic amines is 1. The Morgan fingerprint density at radius 1 is 1.59 bits per heavy atom. The number of pyridine rings is 1. The number of carbonyl (C=O) groups is 1. The van der Waals surface area contributed by atoms with Gasteiger partial charge in [0.2, 0.25) is 0 Å². The van der Waals surface area contributed by atoms with Gasteiger partial charge in [-0.15, -0.1) is 0 Å². The highest BCUT2D eigenvalue weighted by molar-refractivity contribution is 5.72. The smallest absolute Gasteiger partial charge is 0.310 e. The summed E-state index contributed by atoms with van der Waals surface area (Å²) in [6, 6.07) is 0. The Labute approximate surface area is 95.6 Å². The Balaban J connectivity index is 3.24. The number of alkyl halides is 2. The number of hydrogen-bond donors (Lipinski definition) is 2. The molecule has 0 saturated heterocycles. The summed E-state index contributed by atoms with van der Waals surface area (Å²) in [5, 5.41) is 0. The van der Waals surface area contributed by atoms with Crippen LogP contribution in [-0.4, -0.2) is 18.1 Å². The standard InChI is InChI=1S/C10H12F2N2O3/c1-17-7(15)2-5-4-14-6(3-13)8(9(5)16)10(11)12/h4,10H,2-3,13H2,1H3,(H,14,16). The number of aromatic nitrogens is 1. The lowest BCUT2D eigenvalue weighted by Gasteiger charge is -2.08. The van der Waals surface area contributed by atoms with Crippen molar-refractivity contribution in [3.05, 3.63) is 33.2 Å². The van der Waals surface area contributed by atoms with E-state index in [0.717, 1.165) is 7.11 Å². The molecule has 17 heavy (non-hydrogen) atoms. The van der Waals surface area contributed by atoms with Crippen LogP contribution in [0.4, 0.5) is 8.78 Å². The van der Waals surface area contributed by atoms with Crippen LogP contribution >= 0.6 is 0 Å². The molecule has 0 bridgehead atoms. The zero-order valence-electron chi connectivity index (χ0n) is 9.13. The van der Waals surface area contributed by atoms with Gasteiger partial charge >= 0.3 is 5.97 Å². The molecule has 7 heteroatoms. The van der Waals surface area contributed by atoms with Crippen molar-refractivity contribution in [2.24, 2.45) is 5.73 Å². The number of esters is 1. The van der Waals surface area contributed by atoms with Gasteiger partial charge in [-0.25, -0.2) is 8.78 Å². The first kappa shape index (κ1) is 13.3. The van der Waals surface area contributed by atoms with E-state index in [1.54, 1.807) is 0 Å². The van der Waals surface area contributed by atoms with Crippen LogP contribution in [0.5, 0.6) is 0 Å². The highest BCUT2D eigenvalue weighted by Crippen LogP contribution is 2.18. The highest BCUT2D eigenvalue weighted by Gasteiger charge is 2.20. The van der Waals surface area contributed by atoms with E-state index in [-0.39, 0.29) is 24.2 Å². The summed E-state index contributed by atoms with van der Waals surface area (Å²) in [5.74, 6) is -0.670. The van der Waals surface area contributed by atoms with Gasteiger partial charge in [0.25, 0.3) is 6.43 Å². The van der Waals surface area contributed by atoms with Crippen molar-refractivity contribution in [1.82, 2.24) is 4.98 Å². The van der Waals surface area contributed by atoms with Crippen LogP contribution in [0.1, 0.15) is 23.2 Å². The van der Waals surface area contributed by atoms with Crippen molar-refractivity contribution in [1.29, 1.82) is 0 Å². The fourth-order valence-electron chi connectivity index (χ4n) is 1.39. The Kier molecular flexibility index (Phi) is 4.33. The van der Waals surface area contributed by atoms with E-state index < -0.39 is 23.4 Å². The lowest BCUT2D eigenvalue weighted by atomic mass is 10.1. The van der Waals surface area contributed by atoms with Crippen molar-refractivity contribution >= 4 is 5.97 Å². The van der Waals surface area contributed by atoms with E-state index in [1.165, 1.54) is 6.20 Å². The molecule has 1 aromatic rings. The number of hydrogen-bond acceptors (Lipinski definition) is 4. The number of rotatable bonds is 4. The maximum absolute atomic E-state index is 12.7. The minimum absolute atomic E-state index is 0.0291. The van der Waals surface area contributed by atoms with E-state index in [9.17, 15) is 18.4 Å². The second-order valence-electron chi connectivity index (χ2n) is 3.29. The van der Waals surface area contributed by atoms with Crippen LogP contribution in [0.15, 0.2) is 11.0 Å². The molecular formula is C10H12F2N2O3. The molecule has 0 aliphatic heterocycles. The Morgan fingerprint density at radius 3 is 2.71 bits per heavy atom. The molecule has 0 radical (unpaired) electrons. The third-order valence-electron chi connectivity index (χ3n) is 2.27. The number of halogens is 2. The number of H-pyrrole nitrogens is 1. The van der Waals surface area contributed by atoms with Gasteiger partial charge in [-0.3, -0.25) is 9.59 Å². The lowest BCUT2D eigenvalue weighted by molar-refractivity contribution is -0.139. The average molecular weight is 246 g/mol. The molecule has 0 atom stereocenters. The van der Waals surface area contributed by atoms with Crippen molar-refractivity contribution in [2.45, 2.75) is 19.4 Å². The van der Waals surface area contributed by atoms with Crippen LogP contribution in [-0.2, 0) is 22.5 Å². The predicted octanol–water partition coefficient (Wildman–Crippen LogP) is 0.487. The summed E-state index contributed by atoms with van der Waals surface area (Å²) in [6.45, 7) is -0.201. The molecule has 5 nitrogen and oxygen atoms in total. The molecule has 0 fully saturated rings. The minimum atomic E-state index is -2.94. The predicted molar refractivity (Wildman–Crippen MR) is 55.6 cm³/mol. The molecule has 0 saturated carbocycles. The molecule has 1 heterocycles. The monoisotopic (exact) mass is 246 g/mol. The molecule has 0 amide bonds. The molecule has 3 N–H and O–H groups in total. The summed E-state index contributed by atoms with van der Waals surface area (Å²) >= 11 is 0. The van der Waals surface area contributed by atoms with E-state index in [0.29, 0.717) is 0 Å². The first-order valence-corrected chi connectivity index (χ1v) is 4.79. The molecule has 0 aromatic carbocycles. The summed E-state index contributed by atoms with van der Waals surface area (Å²) in [6.07, 6.45) is -2.08. The molecule has 1 aromatic heterocycles. The average Bonchev–Trinajstić information content (AvgIpc) is 2.30. The second-order valence-corrected chi connectivity index (χ2v) is 3.29. The zero-order valence-corrected chi connectivity index (χ0v) is 9.13. The van der Waals surface area contributed by atoms with Gasteiger partial charge in [-0.2, -0.15) is 0 Å². The molecule has 0 spiro atoms. The molecule has 1 rings (SSSR count). The summed E-state index contributed by atoms with van der Waals surface area (Å²) in [5.41, 5.74) is 3.59. The van der Waals surface area contributed by atoms with Gasteiger partial charge in [0.1, 0.15) is 0 Å². The van der Waals surface area contributed by atoms with Crippen molar-refractivity contribution in [3.8, 4) is 0 Å². The van der Waals surface area contributed by atoms with Crippen LogP contribution in [0, 0.1) is 0 Å². The molecule has 94 valence electrons. The first-order valence-electron chi connectivity index (χ1n) is 4.79. The fourth-order valence-corrected chi connectivity index (χ4v) is 1.39. The van der Waals surface area contributed by atoms with Crippen molar-refractivity contribution in [3.63, 3.8) is 0 Å². The summed E-state index contributed by atoms with van der Waals surface area (Å²) in [7, 11) is 1.15. The Hall–Kier alpha value is -1.76. The molecule has 0 aliphatic carbocycles. The first-order chi connectivity index (χ1) is 8.01. The minimum Gasteiger partial charge on any atom is -0.469 e. The SMILES string of the molecule is COC(=O)Cc1c[nH]c(CN)c(C(F)F)c1=O. The van der Waals surface area contributed by atoms with E-state index in [4.69, 9.17) is 5.73 Å². The number of nitrogens with one attached hydrogen (secondary N) is 1. The Bertz CT molecular complexity index is 471. The largest absolute Gasteiger partial charge is 0.469 e. The maximum Gasteiger partial charge on any atom is 0.310 e. The lowest BCUT2D eigenvalue weighted by Crippen LogP contribution is -2.23. The van der Waals surface area contributed by atoms with Gasteiger partial charge in [0.15, 0.2) is 5.43 Å². The summed E-state index contributed by atoms with van der Waals surface area (Å²) < 4.78 is 29.7. The molecule has 0 unspecified atom stereocenters.